The molecule has 0 aliphatic rings. The van der Waals surface area contributed by atoms with Crippen LogP contribution >= 0.6 is 0 Å². The normalized spacial score (nSPS) is 11.0. The SMILES string of the molecule is CCC(CC)(CCOc1cccc(OC)c1OC)C(=O)O. The summed E-state index contributed by atoms with van der Waals surface area (Å²) in [6, 6.07) is 5.37. The lowest BCUT2D eigenvalue weighted by Crippen LogP contribution is -2.31. The molecule has 118 valence electrons. The van der Waals surface area contributed by atoms with Gasteiger partial charge in [-0.25, -0.2) is 0 Å². The van der Waals surface area contributed by atoms with Gasteiger partial charge in [0, 0.05) is 0 Å². The molecule has 0 aliphatic heterocycles. The molecule has 0 bridgehead atoms. The number of aliphatic carboxylic acids is 1. The van der Waals surface area contributed by atoms with Crippen LogP contribution in [0.15, 0.2) is 18.2 Å². The second kappa shape index (κ2) is 7.76. The van der Waals surface area contributed by atoms with Gasteiger partial charge < -0.3 is 19.3 Å². The molecule has 5 heteroatoms. The van der Waals surface area contributed by atoms with E-state index in [4.69, 9.17) is 14.2 Å². The Morgan fingerprint density at radius 2 is 1.76 bits per heavy atom. The number of rotatable bonds is 9. The Morgan fingerprint density at radius 1 is 1.14 bits per heavy atom. The number of carbonyl (C=O) groups is 1. The highest BCUT2D eigenvalue weighted by Crippen LogP contribution is 2.37. The molecule has 0 fully saturated rings. The molecule has 0 saturated heterocycles. The van der Waals surface area contributed by atoms with Crippen LogP contribution in [-0.4, -0.2) is 31.9 Å². The van der Waals surface area contributed by atoms with Crippen molar-refractivity contribution in [1.82, 2.24) is 0 Å². The van der Waals surface area contributed by atoms with E-state index < -0.39 is 11.4 Å². The number of carboxylic acid groups (broad SMARTS) is 1. The predicted molar refractivity (Wildman–Crippen MR) is 80.3 cm³/mol. The summed E-state index contributed by atoms with van der Waals surface area (Å²) in [5, 5.41) is 9.40. The summed E-state index contributed by atoms with van der Waals surface area (Å²) in [7, 11) is 3.11. The summed E-state index contributed by atoms with van der Waals surface area (Å²) in [6.07, 6.45) is 1.62. The summed E-state index contributed by atoms with van der Waals surface area (Å²) < 4.78 is 16.2. The molecule has 0 unspecified atom stereocenters. The van der Waals surface area contributed by atoms with Crippen LogP contribution in [0.2, 0.25) is 0 Å². The Morgan fingerprint density at radius 3 is 2.24 bits per heavy atom. The lowest BCUT2D eigenvalue weighted by Gasteiger charge is -2.26. The Bertz CT molecular complexity index is 466. The zero-order chi connectivity index (χ0) is 15.9. The summed E-state index contributed by atoms with van der Waals surface area (Å²) in [4.78, 5) is 11.4. The molecule has 1 rings (SSSR count). The van der Waals surface area contributed by atoms with Crippen LogP contribution in [0.3, 0.4) is 0 Å². The van der Waals surface area contributed by atoms with E-state index >= 15 is 0 Å². The van der Waals surface area contributed by atoms with Gasteiger partial charge in [0.05, 0.1) is 26.2 Å². The Hall–Kier alpha value is -1.91. The van der Waals surface area contributed by atoms with Crippen LogP contribution < -0.4 is 14.2 Å². The Labute approximate surface area is 125 Å². The third-order valence-electron chi connectivity index (χ3n) is 4.01. The van der Waals surface area contributed by atoms with Crippen molar-refractivity contribution in [2.45, 2.75) is 33.1 Å². The number of hydrogen-bond acceptors (Lipinski definition) is 4. The van der Waals surface area contributed by atoms with E-state index in [9.17, 15) is 9.90 Å². The molecule has 0 atom stereocenters. The molecule has 0 spiro atoms. The molecular weight excluding hydrogens is 272 g/mol. The number of methoxy groups -OCH3 is 2. The van der Waals surface area contributed by atoms with Gasteiger partial charge in [0.2, 0.25) is 5.75 Å². The number of hydrogen-bond donors (Lipinski definition) is 1. The molecule has 1 aromatic rings. The summed E-state index contributed by atoms with van der Waals surface area (Å²) in [6.45, 7) is 4.10. The summed E-state index contributed by atoms with van der Waals surface area (Å²) >= 11 is 0. The molecule has 0 heterocycles. The minimum Gasteiger partial charge on any atom is -0.493 e. The zero-order valence-electron chi connectivity index (χ0n) is 13.1. The number of ether oxygens (including phenoxy) is 3. The third-order valence-corrected chi connectivity index (χ3v) is 4.01. The van der Waals surface area contributed by atoms with Crippen molar-refractivity contribution in [3.8, 4) is 17.2 Å². The van der Waals surface area contributed by atoms with Crippen molar-refractivity contribution in [1.29, 1.82) is 0 Å². The van der Waals surface area contributed by atoms with E-state index in [1.165, 1.54) is 0 Å². The van der Waals surface area contributed by atoms with E-state index in [2.05, 4.69) is 0 Å². The van der Waals surface area contributed by atoms with Crippen molar-refractivity contribution in [3.05, 3.63) is 18.2 Å². The number of carboxylic acids is 1. The largest absolute Gasteiger partial charge is 0.493 e. The van der Waals surface area contributed by atoms with Gasteiger partial charge in [-0.05, 0) is 31.4 Å². The van der Waals surface area contributed by atoms with Gasteiger partial charge in [0.25, 0.3) is 0 Å². The highest BCUT2D eigenvalue weighted by Gasteiger charge is 2.34. The average molecular weight is 296 g/mol. The molecule has 1 N–H and O–H groups in total. The highest BCUT2D eigenvalue weighted by atomic mass is 16.5. The van der Waals surface area contributed by atoms with E-state index in [1.54, 1.807) is 32.4 Å². The second-order valence-corrected chi connectivity index (χ2v) is 4.88. The van der Waals surface area contributed by atoms with Crippen LogP contribution in [0.1, 0.15) is 33.1 Å². The fourth-order valence-electron chi connectivity index (χ4n) is 2.34. The molecule has 5 nitrogen and oxygen atoms in total. The monoisotopic (exact) mass is 296 g/mol. The summed E-state index contributed by atoms with van der Waals surface area (Å²) in [5.74, 6) is 0.899. The molecule has 0 radical (unpaired) electrons. The van der Waals surface area contributed by atoms with Gasteiger partial charge in [-0.1, -0.05) is 19.9 Å². The van der Waals surface area contributed by atoms with Gasteiger partial charge in [0.15, 0.2) is 11.5 Å². The second-order valence-electron chi connectivity index (χ2n) is 4.88. The lowest BCUT2D eigenvalue weighted by molar-refractivity contribution is -0.150. The van der Waals surface area contributed by atoms with Gasteiger partial charge in [0.1, 0.15) is 0 Å². The van der Waals surface area contributed by atoms with Crippen molar-refractivity contribution in [2.75, 3.05) is 20.8 Å². The fraction of sp³-hybridized carbons (Fsp3) is 0.562. The highest BCUT2D eigenvalue weighted by molar-refractivity contribution is 5.74. The summed E-state index contributed by atoms with van der Waals surface area (Å²) in [5.41, 5.74) is -0.730. The van der Waals surface area contributed by atoms with E-state index in [0.29, 0.717) is 43.1 Å². The van der Waals surface area contributed by atoms with Crippen LogP contribution in [0.4, 0.5) is 0 Å². The molecule has 1 aromatic carbocycles. The van der Waals surface area contributed by atoms with E-state index in [0.717, 1.165) is 0 Å². The average Bonchev–Trinajstić information content (AvgIpc) is 2.51. The van der Waals surface area contributed by atoms with Crippen molar-refractivity contribution in [2.24, 2.45) is 5.41 Å². The molecular formula is C16H24O5. The first-order chi connectivity index (χ1) is 10.0. The lowest BCUT2D eigenvalue weighted by atomic mass is 9.79. The molecule has 21 heavy (non-hydrogen) atoms. The first-order valence-electron chi connectivity index (χ1n) is 7.11. The van der Waals surface area contributed by atoms with E-state index in [-0.39, 0.29) is 0 Å². The van der Waals surface area contributed by atoms with E-state index in [1.807, 2.05) is 13.8 Å². The maximum Gasteiger partial charge on any atom is 0.309 e. The Kier molecular flexibility index (Phi) is 6.34. The quantitative estimate of drug-likeness (QED) is 0.757. The predicted octanol–water partition coefficient (Wildman–Crippen LogP) is 3.36. The van der Waals surface area contributed by atoms with Crippen LogP contribution in [-0.2, 0) is 4.79 Å². The first kappa shape index (κ1) is 17.1. The topological polar surface area (TPSA) is 65.0 Å². The minimum atomic E-state index is -0.770. The van der Waals surface area contributed by atoms with Crippen molar-refractivity contribution in [3.63, 3.8) is 0 Å². The van der Waals surface area contributed by atoms with Crippen LogP contribution in [0.25, 0.3) is 0 Å². The standard InChI is InChI=1S/C16H24O5/c1-5-16(6-2,15(17)18)10-11-21-13-9-7-8-12(19-3)14(13)20-4/h7-9H,5-6,10-11H2,1-4H3,(H,17,18). The third kappa shape index (κ3) is 3.80. The molecule has 0 aromatic heterocycles. The number of benzene rings is 1. The zero-order valence-corrected chi connectivity index (χ0v) is 13.1. The fourth-order valence-corrected chi connectivity index (χ4v) is 2.34. The Balaban J connectivity index is 2.78. The molecule has 0 amide bonds. The van der Waals surface area contributed by atoms with Crippen LogP contribution in [0.5, 0.6) is 17.2 Å². The van der Waals surface area contributed by atoms with Crippen molar-refractivity contribution >= 4 is 5.97 Å². The van der Waals surface area contributed by atoms with Gasteiger partial charge in [-0.2, -0.15) is 0 Å². The smallest absolute Gasteiger partial charge is 0.309 e. The van der Waals surface area contributed by atoms with Gasteiger partial charge >= 0.3 is 5.97 Å². The first-order valence-corrected chi connectivity index (χ1v) is 7.11. The maximum absolute atomic E-state index is 11.4. The van der Waals surface area contributed by atoms with Gasteiger partial charge in [-0.15, -0.1) is 0 Å². The number of para-hydroxylation sites is 1. The molecule has 0 saturated carbocycles. The van der Waals surface area contributed by atoms with Crippen molar-refractivity contribution < 1.29 is 24.1 Å². The minimum absolute atomic E-state index is 0.317. The molecule has 0 aliphatic carbocycles. The van der Waals surface area contributed by atoms with Gasteiger partial charge in [-0.3, -0.25) is 4.79 Å². The maximum atomic E-state index is 11.4. The van der Waals surface area contributed by atoms with Crippen LogP contribution in [0, 0.1) is 5.41 Å².